The first-order valence-electron chi connectivity index (χ1n) is 6.44. The molecule has 0 amide bonds. The molecule has 0 aliphatic rings. The number of hydrogen-bond donors (Lipinski definition) is 0. The SMILES string of the molecule is O=Cc1cn(Cc2cccc(Cl)c2)nc1-c1ccncc1. The molecule has 0 fully saturated rings. The van der Waals surface area contributed by atoms with Gasteiger partial charge in [-0.05, 0) is 29.8 Å². The number of rotatable bonds is 4. The van der Waals surface area contributed by atoms with E-state index in [0.29, 0.717) is 22.8 Å². The smallest absolute Gasteiger partial charge is 0.153 e. The molecule has 104 valence electrons. The topological polar surface area (TPSA) is 47.8 Å². The molecule has 0 radical (unpaired) electrons. The van der Waals surface area contributed by atoms with Gasteiger partial charge < -0.3 is 0 Å². The van der Waals surface area contributed by atoms with Crippen LogP contribution in [0.5, 0.6) is 0 Å². The fourth-order valence-corrected chi connectivity index (χ4v) is 2.37. The first-order valence-corrected chi connectivity index (χ1v) is 6.81. The van der Waals surface area contributed by atoms with Gasteiger partial charge in [0.05, 0.1) is 12.1 Å². The Kier molecular flexibility index (Phi) is 3.79. The van der Waals surface area contributed by atoms with Gasteiger partial charge in [0.2, 0.25) is 0 Å². The molecule has 0 spiro atoms. The molecule has 0 atom stereocenters. The Morgan fingerprint density at radius 3 is 2.71 bits per heavy atom. The van der Waals surface area contributed by atoms with E-state index < -0.39 is 0 Å². The molecular weight excluding hydrogens is 286 g/mol. The highest BCUT2D eigenvalue weighted by molar-refractivity contribution is 6.30. The summed E-state index contributed by atoms with van der Waals surface area (Å²) in [5.74, 6) is 0. The van der Waals surface area contributed by atoms with Crippen LogP contribution in [0.25, 0.3) is 11.3 Å². The Morgan fingerprint density at radius 2 is 2.00 bits per heavy atom. The van der Waals surface area contributed by atoms with Gasteiger partial charge in [0.15, 0.2) is 6.29 Å². The van der Waals surface area contributed by atoms with Crippen LogP contribution >= 0.6 is 11.6 Å². The number of carbonyl (C=O) groups is 1. The Bertz CT molecular complexity index is 768. The zero-order chi connectivity index (χ0) is 14.7. The first kappa shape index (κ1) is 13.5. The van der Waals surface area contributed by atoms with E-state index in [2.05, 4.69) is 10.1 Å². The van der Waals surface area contributed by atoms with Crippen molar-refractivity contribution in [3.8, 4) is 11.3 Å². The average Bonchev–Trinajstić information content (AvgIpc) is 2.91. The van der Waals surface area contributed by atoms with E-state index in [1.165, 1.54) is 0 Å². The summed E-state index contributed by atoms with van der Waals surface area (Å²) < 4.78 is 1.74. The lowest BCUT2D eigenvalue weighted by Crippen LogP contribution is -2.00. The second-order valence-corrected chi connectivity index (χ2v) is 5.05. The van der Waals surface area contributed by atoms with Crippen molar-refractivity contribution in [2.75, 3.05) is 0 Å². The molecule has 0 saturated carbocycles. The Hall–Kier alpha value is -2.46. The Balaban J connectivity index is 1.95. The van der Waals surface area contributed by atoms with Crippen molar-refractivity contribution in [1.82, 2.24) is 14.8 Å². The molecule has 0 saturated heterocycles. The van der Waals surface area contributed by atoms with E-state index in [4.69, 9.17) is 11.6 Å². The summed E-state index contributed by atoms with van der Waals surface area (Å²) in [6.07, 6.45) is 5.92. The number of halogens is 1. The summed E-state index contributed by atoms with van der Waals surface area (Å²) in [5.41, 5.74) is 3.12. The quantitative estimate of drug-likeness (QED) is 0.693. The molecule has 5 heteroatoms. The van der Waals surface area contributed by atoms with Gasteiger partial charge in [0, 0.05) is 29.2 Å². The summed E-state index contributed by atoms with van der Waals surface area (Å²) in [5, 5.41) is 5.18. The van der Waals surface area contributed by atoms with Gasteiger partial charge in [-0.2, -0.15) is 5.10 Å². The van der Waals surface area contributed by atoms with E-state index in [1.807, 2.05) is 36.4 Å². The van der Waals surface area contributed by atoms with Crippen molar-refractivity contribution in [1.29, 1.82) is 0 Å². The van der Waals surface area contributed by atoms with E-state index in [-0.39, 0.29) is 0 Å². The lowest BCUT2D eigenvalue weighted by Gasteiger charge is -2.02. The number of nitrogens with zero attached hydrogens (tertiary/aromatic N) is 3. The summed E-state index contributed by atoms with van der Waals surface area (Å²) in [6.45, 7) is 0.562. The predicted molar refractivity (Wildman–Crippen MR) is 81.4 cm³/mol. The first-order chi connectivity index (χ1) is 10.3. The second-order valence-electron chi connectivity index (χ2n) is 4.61. The minimum Gasteiger partial charge on any atom is -0.298 e. The molecule has 3 rings (SSSR count). The highest BCUT2D eigenvalue weighted by Gasteiger charge is 2.10. The van der Waals surface area contributed by atoms with Crippen LogP contribution in [-0.2, 0) is 6.54 Å². The predicted octanol–water partition coefficient (Wildman–Crippen LogP) is 3.46. The highest BCUT2D eigenvalue weighted by Crippen LogP contribution is 2.20. The molecule has 2 heterocycles. The maximum Gasteiger partial charge on any atom is 0.153 e. The van der Waals surface area contributed by atoms with Crippen LogP contribution in [0.2, 0.25) is 5.02 Å². The van der Waals surface area contributed by atoms with Gasteiger partial charge in [-0.1, -0.05) is 23.7 Å². The zero-order valence-corrected chi connectivity index (χ0v) is 11.9. The number of benzene rings is 1. The number of pyridine rings is 1. The molecule has 0 N–H and O–H groups in total. The third-order valence-electron chi connectivity index (χ3n) is 3.10. The molecule has 1 aromatic carbocycles. The molecule has 4 nitrogen and oxygen atoms in total. The van der Waals surface area contributed by atoms with Gasteiger partial charge in [-0.15, -0.1) is 0 Å². The lowest BCUT2D eigenvalue weighted by atomic mass is 10.1. The molecule has 3 aromatic rings. The van der Waals surface area contributed by atoms with Gasteiger partial charge in [-0.25, -0.2) is 0 Å². The fraction of sp³-hybridized carbons (Fsp3) is 0.0625. The van der Waals surface area contributed by atoms with Crippen molar-refractivity contribution in [3.63, 3.8) is 0 Å². The maximum absolute atomic E-state index is 11.2. The van der Waals surface area contributed by atoms with E-state index in [9.17, 15) is 4.79 Å². The normalized spacial score (nSPS) is 10.5. The zero-order valence-electron chi connectivity index (χ0n) is 11.1. The number of aldehydes is 1. The van der Waals surface area contributed by atoms with Crippen LogP contribution in [0.3, 0.4) is 0 Å². The monoisotopic (exact) mass is 297 g/mol. The minimum atomic E-state index is 0.559. The van der Waals surface area contributed by atoms with Crippen molar-refractivity contribution in [2.45, 2.75) is 6.54 Å². The van der Waals surface area contributed by atoms with Crippen LogP contribution < -0.4 is 0 Å². The molecule has 21 heavy (non-hydrogen) atoms. The van der Waals surface area contributed by atoms with Crippen LogP contribution in [0.15, 0.2) is 55.0 Å². The number of aromatic nitrogens is 3. The number of carbonyl (C=O) groups excluding carboxylic acids is 1. The largest absolute Gasteiger partial charge is 0.298 e. The summed E-state index contributed by atoms with van der Waals surface area (Å²) in [6, 6.07) is 11.2. The maximum atomic E-state index is 11.2. The van der Waals surface area contributed by atoms with Gasteiger partial charge >= 0.3 is 0 Å². The number of hydrogen-bond acceptors (Lipinski definition) is 3. The van der Waals surface area contributed by atoms with Crippen molar-refractivity contribution in [2.24, 2.45) is 0 Å². The second kappa shape index (κ2) is 5.89. The van der Waals surface area contributed by atoms with E-state index >= 15 is 0 Å². The van der Waals surface area contributed by atoms with Crippen LogP contribution in [-0.4, -0.2) is 21.1 Å². The van der Waals surface area contributed by atoms with Gasteiger partial charge in [0.25, 0.3) is 0 Å². The van der Waals surface area contributed by atoms with Crippen LogP contribution in [0, 0.1) is 0 Å². The highest BCUT2D eigenvalue weighted by atomic mass is 35.5. The molecular formula is C16H12ClN3O. The van der Waals surface area contributed by atoms with Crippen LogP contribution in [0.4, 0.5) is 0 Å². The van der Waals surface area contributed by atoms with Gasteiger partial charge in [-0.3, -0.25) is 14.5 Å². The fourth-order valence-electron chi connectivity index (χ4n) is 2.16. The van der Waals surface area contributed by atoms with Crippen molar-refractivity contribution < 1.29 is 4.79 Å². The van der Waals surface area contributed by atoms with Crippen LogP contribution in [0.1, 0.15) is 15.9 Å². The molecule has 0 unspecified atom stereocenters. The third kappa shape index (κ3) is 3.01. The molecule has 2 aromatic heterocycles. The summed E-state index contributed by atoms with van der Waals surface area (Å²) >= 11 is 5.98. The van der Waals surface area contributed by atoms with E-state index in [0.717, 1.165) is 17.4 Å². The average molecular weight is 298 g/mol. The van der Waals surface area contributed by atoms with Gasteiger partial charge in [0.1, 0.15) is 5.69 Å². The Morgan fingerprint density at radius 1 is 1.19 bits per heavy atom. The van der Waals surface area contributed by atoms with Crippen molar-refractivity contribution >= 4 is 17.9 Å². The Labute approximate surface area is 127 Å². The minimum absolute atomic E-state index is 0.559. The van der Waals surface area contributed by atoms with E-state index in [1.54, 1.807) is 23.3 Å². The third-order valence-corrected chi connectivity index (χ3v) is 3.34. The standard InChI is InChI=1S/C16H12ClN3O/c17-15-3-1-2-12(8-15)9-20-10-14(11-21)16(19-20)13-4-6-18-7-5-13/h1-8,10-11H,9H2. The molecule has 0 aliphatic carbocycles. The molecule has 0 bridgehead atoms. The lowest BCUT2D eigenvalue weighted by molar-refractivity contribution is 0.112. The summed E-state index contributed by atoms with van der Waals surface area (Å²) in [7, 11) is 0. The molecule has 0 aliphatic heterocycles. The van der Waals surface area contributed by atoms with Crippen molar-refractivity contribution in [3.05, 3.63) is 71.1 Å². The summed E-state index contributed by atoms with van der Waals surface area (Å²) in [4.78, 5) is 15.2.